The lowest BCUT2D eigenvalue weighted by atomic mass is 10.1. The molecule has 0 bridgehead atoms. The smallest absolute Gasteiger partial charge is 0.303 e. The minimum atomic E-state index is -1.09. The molecule has 0 saturated carbocycles. The average molecular weight is 259 g/mol. The van der Waals surface area contributed by atoms with Crippen molar-refractivity contribution in [3.05, 3.63) is 0 Å². The van der Waals surface area contributed by atoms with Crippen LogP contribution in [0.25, 0.3) is 0 Å². The van der Waals surface area contributed by atoms with E-state index in [4.69, 9.17) is 10.8 Å². The van der Waals surface area contributed by atoms with Crippen LogP contribution in [0.3, 0.4) is 0 Å². The van der Waals surface area contributed by atoms with Crippen molar-refractivity contribution in [2.45, 2.75) is 38.8 Å². The van der Waals surface area contributed by atoms with E-state index in [1.165, 1.54) is 13.8 Å². The van der Waals surface area contributed by atoms with E-state index in [0.717, 1.165) is 0 Å². The second kappa shape index (κ2) is 7.25. The third kappa shape index (κ3) is 6.46. The summed E-state index contributed by atoms with van der Waals surface area (Å²) < 4.78 is 0. The number of carbonyl (C=O) groups is 4. The molecule has 0 saturated heterocycles. The second-order valence-corrected chi connectivity index (χ2v) is 3.82. The van der Waals surface area contributed by atoms with Crippen LogP contribution < -0.4 is 16.4 Å². The third-order valence-electron chi connectivity index (χ3n) is 2.12. The molecule has 0 aliphatic heterocycles. The molecule has 0 aliphatic carbocycles. The van der Waals surface area contributed by atoms with Gasteiger partial charge in [0.25, 0.3) is 0 Å². The summed E-state index contributed by atoms with van der Waals surface area (Å²) in [7, 11) is 0. The van der Waals surface area contributed by atoms with Crippen molar-refractivity contribution < 1.29 is 24.3 Å². The van der Waals surface area contributed by atoms with Gasteiger partial charge in [-0.05, 0) is 13.3 Å². The van der Waals surface area contributed by atoms with Crippen molar-refractivity contribution in [3.8, 4) is 0 Å². The molecular formula is C10H17N3O5. The standard InChI is InChI=1S/C10H17N3O5/c1-5(12-6(2)14)10(18)13-7(9(11)17)3-4-8(15)16/h5,7H,3-4H2,1-2H3,(H2,11,17)(H,12,14)(H,13,18)(H,15,16)/t5-,7+/m0/s1. The van der Waals surface area contributed by atoms with Gasteiger partial charge in [-0.2, -0.15) is 0 Å². The van der Waals surface area contributed by atoms with E-state index < -0.39 is 29.9 Å². The number of nitrogens with one attached hydrogen (secondary N) is 2. The highest BCUT2D eigenvalue weighted by Gasteiger charge is 2.22. The topological polar surface area (TPSA) is 139 Å². The first kappa shape index (κ1) is 15.9. The maximum Gasteiger partial charge on any atom is 0.303 e. The van der Waals surface area contributed by atoms with Gasteiger partial charge in [-0.1, -0.05) is 0 Å². The zero-order valence-corrected chi connectivity index (χ0v) is 10.2. The summed E-state index contributed by atoms with van der Waals surface area (Å²) in [6, 6.07) is -1.89. The number of carbonyl (C=O) groups excluding carboxylic acids is 3. The number of carboxylic acid groups (broad SMARTS) is 1. The molecule has 5 N–H and O–H groups in total. The van der Waals surface area contributed by atoms with Gasteiger partial charge in [-0.15, -0.1) is 0 Å². The molecule has 0 rings (SSSR count). The van der Waals surface area contributed by atoms with E-state index in [1.54, 1.807) is 0 Å². The number of nitrogens with two attached hydrogens (primary N) is 1. The van der Waals surface area contributed by atoms with E-state index in [1.807, 2.05) is 0 Å². The Hall–Kier alpha value is -2.12. The summed E-state index contributed by atoms with van der Waals surface area (Å²) in [5.41, 5.74) is 5.04. The van der Waals surface area contributed by atoms with Crippen LogP contribution in [-0.2, 0) is 19.2 Å². The molecule has 0 aromatic heterocycles. The van der Waals surface area contributed by atoms with E-state index in [0.29, 0.717) is 0 Å². The van der Waals surface area contributed by atoms with Gasteiger partial charge in [0.2, 0.25) is 17.7 Å². The van der Waals surface area contributed by atoms with Crippen molar-refractivity contribution in [2.75, 3.05) is 0 Å². The van der Waals surface area contributed by atoms with Gasteiger partial charge in [0, 0.05) is 13.3 Å². The fraction of sp³-hybridized carbons (Fsp3) is 0.600. The van der Waals surface area contributed by atoms with E-state index in [2.05, 4.69) is 10.6 Å². The molecule has 8 nitrogen and oxygen atoms in total. The number of rotatable bonds is 7. The summed E-state index contributed by atoms with van der Waals surface area (Å²) >= 11 is 0. The van der Waals surface area contributed by atoms with Crippen LogP contribution in [-0.4, -0.2) is 40.9 Å². The molecule has 2 atom stereocenters. The fourth-order valence-electron chi connectivity index (χ4n) is 1.22. The Balaban J connectivity index is 4.40. The zero-order chi connectivity index (χ0) is 14.3. The molecule has 3 amide bonds. The highest BCUT2D eigenvalue weighted by molar-refractivity contribution is 5.91. The number of aliphatic carboxylic acids is 1. The lowest BCUT2D eigenvalue weighted by Crippen LogP contribution is -2.51. The minimum absolute atomic E-state index is 0.0940. The quantitative estimate of drug-likeness (QED) is 0.433. The van der Waals surface area contributed by atoms with E-state index in [9.17, 15) is 19.2 Å². The summed E-state index contributed by atoms with van der Waals surface area (Å²) in [6.45, 7) is 2.69. The highest BCUT2D eigenvalue weighted by Crippen LogP contribution is 1.98. The number of amides is 3. The number of primary amides is 1. The summed E-state index contributed by atoms with van der Waals surface area (Å²) in [5.74, 6) is -2.90. The van der Waals surface area contributed by atoms with Crippen molar-refractivity contribution in [1.29, 1.82) is 0 Å². The van der Waals surface area contributed by atoms with Gasteiger partial charge >= 0.3 is 5.97 Å². The van der Waals surface area contributed by atoms with Gasteiger partial charge in [0.1, 0.15) is 12.1 Å². The van der Waals surface area contributed by atoms with Crippen LogP contribution in [0.2, 0.25) is 0 Å². The monoisotopic (exact) mass is 259 g/mol. The van der Waals surface area contributed by atoms with Crippen LogP contribution in [0.15, 0.2) is 0 Å². The third-order valence-corrected chi connectivity index (χ3v) is 2.12. The van der Waals surface area contributed by atoms with Crippen molar-refractivity contribution in [3.63, 3.8) is 0 Å². The molecule has 0 aliphatic rings. The first-order valence-electron chi connectivity index (χ1n) is 5.32. The Kier molecular flexibility index (Phi) is 6.40. The van der Waals surface area contributed by atoms with Crippen LogP contribution in [0.1, 0.15) is 26.7 Å². The maximum absolute atomic E-state index is 11.6. The van der Waals surface area contributed by atoms with Gasteiger partial charge in [-0.3, -0.25) is 19.2 Å². The van der Waals surface area contributed by atoms with Crippen molar-refractivity contribution in [1.82, 2.24) is 10.6 Å². The van der Waals surface area contributed by atoms with Crippen LogP contribution in [0.5, 0.6) is 0 Å². The van der Waals surface area contributed by atoms with Gasteiger partial charge < -0.3 is 21.5 Å². The zero-order valence-electron chi connectivity index (χ0n) is 10.2. The number of hydrogen-bond donors (Lipinski definition) is 4. The normalized spacial score (nSPS) is 13.2. The molecule has 0 heterocycles. The summed E-state index contributed by atoms with van der Waals surface area (Å²) in [4.78, 5) is 43.7. The Morgan fingerprint density at radius 1 is 1.22 bits per heavy atom. The predicted octanol–water partition coefficient (Wildman–Crippen LogP) is -1.65. The molecular weight excluding hydrogens is 242 g/mol. The Morgan fingerprint density at radius 3 is 2.17 bits per heavy atom. The Bertz CT molecular complexity index is 355. The Labute approximate surface area is 104 Å². The van der Waals surface area contributed by atoms with Crippen LogP contribution in [0, 0.1) is 0 Å². The summed E-state index contributed by atoms with van der Waals surface area (Å²) in [6.07, 6.45) is -0.383. The van der Waals surface area contributed by atoms with Crippen molar-refractivity contribution in [2.24, 2.45) is 5.73 Å². The first-order chi connectivity index (χ1) is 8.23. The average Bonchev–Trinajstić information content (AvgIpc) is 2.21. The van der Waals surface area contributed by atoms with Gasteiger partial charge in [-0.25, -0.2) is 0 Å². The minimum Gasteiger partial charge on any atom is -0.481 e. The summed E-state index contributed by atoms with van der Waals surface area (Å²) in [5, 5.41) is 13.1. The largest absolute Gasteiger partial charge is 0.481 e. The molecule has 18 heavy (non-hydrogen) atoms. The van der Waals surface area contributed by atoms with E-state index >= 15 is 0 Å². The van der Waals surface area contributed by atoms with Crippen LogP contribution >= 0.6 is 0 Å². The van der Waals surface area contributed by atoms with Gasteiger partial charge in [0.15, 0.2) is 0 Å². The lowest BCUT2D eigenvalue weighted by Gasteiger charge is -2.18. The van der Waals surface area contributed by atoms with E-state index in [-0.39, 0.29) is 18.7 Å². The molecule has 8 heteroatoms. The van der Waals surface area contributed by atoms with Crippen LogP contribution in [0.4, 0.5) is 0 Å². The predicted molar refractivity (Wildman–Crippen MR) is 61.3 cm³/mol. The molecule has 0 aromatic rings. The molecule has 0 spiro atoms. The number of carboxylic acids is 1. The molecule has 0 unspecified atom stereocenters. The number of hydrogen-bond acceptors (Lipinski definition) is 4. The molecule has 0 fully saturated rings. The van der Waals surface area contributed by atoms with Gasteiger partial charge in [0.05, 0.1) is 0 Å². The van der Waals surface area contributed by atoms with Crippen molar-refractivity contribution >= 4 is 23.7 Å². The maximum atomic E-state index is 11.6. The SMILES string of the molecule is CC(=O)N[C@@H](C)C(=O)N[C@H](CCC(=O)O)C(N)=O. The highest BCUT2D eigenvalue weighted by atomic mass is 16.4. The molecule has 102 valence electrons. The first-order valence-corrected chi connectivity index (χ1v) is 5.32. The molecule has 0 aromatic carbocycles. The molecule has 0 radical (unpaired) electrons. The fourth-order valence-corrected chi connectivity index (χ4v) is 1.22. The Morgan fingerprint density at radius 2 is 1.78 bits per heavy atom. The second-order valence-electron chi connectivity index (χ2n) is 3.82. The lowest BCUT2D eigenvalue weighted by molar-refractivity contribution is -0.137.